The number of methoxy groups -OCH3 is 2. The van der Waals surface area contributed by atoms with Crippen LogP contribution in [-0.2, 0) is 9.59 Å². The van der Waals surface area contributed by atoms with Crippen molar-refractivity contribution in [2.75, 3.05) is 24.9 Å². The lowest BCUT2D eigenvalue weighted by Gasteiger charge is -2.25. The predicted molar refractivity (Wildman–Crippen MR) is 90.6 cm³/mol. The van der Waals surface area contributed by atoms with E-state index in [-0.39, 0.29) is 18.2 Å². The summed E-state index contributed by atoms with van der Waals surface area (Å²) in [6, 6.07) is 8.98. The molecule has 1 heterocycles. The number of halogens is 1. The van der Waals surface area contributed by atoms with E-state index in [9.17, 15) is 14.0 Å². The predicted octanol–water partition coefficient (Wildman–Crippen LogP) is 2.91. The Morgan fingerprint density at radius 2 is 1.92 bits per heavy atom. The van der Waals surface area contributed by atoms with Crippen molar-refractivity contribution in [2.45, 2.75) is 12.3 Å². The van der Waals surface area contributed by atoms with Crippen LogP contribution in [0.25, 0.3) is 0 Å². The average molecular weight is 344 g/mol. The summed E-state index contributed by atoms with van der Waals surface area (Å²) in [6.45, 7) is 0. The molecule has 0 radical (unpaired) electrons. The third-order valence-electron chi connectivity index (χ3n) is 4.02. The van der Waals surface area contributed by atoms with E-state index in [1.54, 1.807) is 18.2 Å². The lowest BCUT2D eigenvalue weighted by Crippen LogP contribution is -2.30. The SMILES string of the molecule is COc1ccc(NC(=O)C2CC(=O)Nc3cc(F)ccc32)cc1OC. The van der Waals surface area contributed by atoms with Gasteiger partial charge in [-0.15, -0.1) is 0 Å². The van der Waals surface area contributed by atoms with Crippen LogP contribution in [0.4, 0.5) is 15.8 Å². The molecule has 0 saturated carbocycles. The molecule has 0 aliphatic carbocycles. The lowest BCUT2D eigenvalue weighted by atomic mass is 9.89. The highest BCUT2D eigenvalue weighted by molar-refractivity contribution is 6.05. The first-order valence-electron chi connectivity index (χ1n) is 7.64. The van der Waals surface area contributed by atoms with Crippen LogP contribution in [0.3, 0.4) is 0 Å². The van der Waals surface area contributed by atoms with E-state index in [1.165, 1.54) is 32.4 Å². The first kappa shape index (κ1) is 16.8. The van der Waals surface area contributed by atoms with Crippen LogP contribution in [-0.4, -0.2) is 26.0 Å². The number of ether oxygens (including phenoxy) is 2. The summed E-state index contributed by atoms with van der Waals surface area (Å²) >= 11 is 0. The van der Waals surface area contributed by atoms with E-state index in [2.05, 4.69) is 10.6 Å². The minimum Gasteiger partial charge on any atom is -0.493 e. The van der Waals surface area contributed by atoms with Gasteiger partial charge in [0.25, 0.3) is 0 Å². The smallest absolute Gasteiger partial charge is 0.232 e. The van der Waals surface area contributed by atoms with Gasteiger partial charge >= 0.3 is 0 Å². The molecule has 2 N–H and O–H groups in total. The van der Waals surface area contributed by atoms with E-state index in [0.29, 0.717) is 28.4 Å². The van der Waals surface area contributed by atoms with Crippen LogP contribution in [0.1, 0.15) is 17.9 Å². The first-order valence-corrected chi connectivity index (χ1v) is 7.64. The molecule has 1 aliphatic rings. The number of hydrogen-bond donors (Lipinski definition) is 2. The standard InChI is InChI=1S/C18H17FN2O4/c1-24-15-6-4-11(8-16(15)25-2)20-18(23)13-9-17(22)21-14-7-10(19)3-5-12(13)14/h3-8,13H,9H2,1-2H3,(H,20,23)(H,21,22). The molecule has 3 rings (SSSR count). The fraction of sp³-hybridized carbons (Fsp3) is 0.222. The summed E-state index contributed by atoms with van der Waals surface area (Å²) in [5, 5.41) is 5.35. The maximum atomic E-state index is 13.4. The van der Waals surface area contributed by atoms with Gasteiger partial charge in [0, 0.05) is 23.9 Å². The Labute approximate surface area is 143 Å². The van der Waals surface area contributed by atoms with Crippen molar-refractivity contribution in [1.29, 1.82) is 0 Å². The number of carbonyl (C=O) groups is 2. The zero-order valence-electron chi connectivity index (χ0n) is 13.8. The van der Waals surface area contributed by atoms with Crippen molar-refractivity contribution in [2.24, 2.45) is 0 Å². The molecule has 1 aliphatic heterocycles. The highest BCUT2D eigenvalue weighted by Gasteiger charge is 2.31. The molecule has 0 aromatic heterocycles. The molecular weight excluding hydrogens is 327 g/mol. The molecular formula is C18H17FN2O4. The van der Waals surface area contributed by atoms with Gasteiger partial charge in [-0.05, 0) is 29.8 Å². The third kappa shape index (κ3) is 3.40. The first-order chi connectivity index (χ1) is 12.0. The van der Waals surface area contributed by atoms with E-state index in [0.717, 1.165) is 0 Å². The normalized spacial score (nSPS) is 15.8. The Bertz CT molecular complexity index is 838. The Morgan fingerprint density at radius 1 is 1.16 bits per heavy atom. The lowest BCUT2D eigenvalue weighted by molar-refractivity contribution is -0.123. The van der Waals surface area contributed by atoms with Gasteiger partial charge in [0.05, 0.1) is 20.1 Å². The summed E-state index contributed by atoms with van der Waals surface area (Å²) in [4.78, 5) is 24.5. The maximum Gasteiger partial charge on any atom is 0.232 e. The number of anilines is 2. The van der Waals surface area contributed by atoms with Crippen molar-refractivity contribution in [3.8, 4) is 11.5 Å². The Hall–Kier alpha value is -3.09. The van der Waals surface area contributed by atoms with E-state index < -0.39 is 11.7 Å². The van der Waals surface area contributed by atoms with Crippen molar-refractivity contribution in [3.63, 3.8) is 0 Å². The van der Waals surface area contributed by atoms with Crippen LogP contribution in [0.2, 0.25) is 0 Å². The summed E-state index contributed by atoms with van der Waals surface area (Å²) in [5.41, 5.74) is 1.42. The molecule has 0 spiro atoms. The summed E-state index contributed by atoms with van der Waals surface area (Å²) < 4.78 is 23.7. The van der Waals surface area contributed by atoms with Crippen molar-refractivity contribution >= 4 is 23.2 Å². The Morgan fingerprint density at radius 3 is 2.64 bits per heavy atom. The van der Waals surface area contributed by atoms with Crippen molar-refractivity contribution in [1.82, 2.24) is 0 Å². The van der Waals surface area contributed by atoms with Gasteiger partial charge in [-0.2, -0.15) is 0 Å². The number of amides is 2. The molecule has 2 aromatic carbocycles. The highest BCUT2D eigenvalue weighted by Crippen LogP contribution is 2.35. The molecule has 6 nitrogen and oxygen atoms in total. The van der Waals surface area contributed by atoms with Gasteiger partial charge in [-0.3, -0.25) is 9.59 Å². The number of benzene rings is 2. The second kappa shape index (κ2) is 6.80. The summed E-state index contributed by atoms with van der Waals surface area (Å²) in [7, 11) is 3.02. The number of fused-ring (bicyclic) bond motifs is 1. The van der Waals surface area contributed by atoms with Gasteiger partial charge in [0.2, 0.25) is 11.8 Å². The number of hydrogen-bond acceptors (Lipinski definition) is 4. The van der Waals surface area contributed by atoms with Gasteiger partial charge in [-0.1, -0.05) is 6.07 Å². The molecule has 0 fully saturated rings. The largest absolute Gasteiger partial charge is 0.493 e. The molecule has 2 aromatic rings. The van der Waals surface area contributed by atoms with E-state index in [1.807, 2.05) is 0 Å². The zero-order valence-corrected chi connectivity index (χ0v) is 13.8. The number of carbonyl (C=O) groups excluding carboxylic acids is 2. The molecule has 1 atom stereocenters. The topological polar surface area (TPSA) is 76.7 Å². The molecule has 0 bridgehead atoms. The molecule has 2 amide bonds. The van der Waals surface area contributed by atoms with Crippen LogP contribution >= 0.6 is 0 Å². The van der Waals surface area contributed by atoms with Crippen LogP contribution in [0.5, 0.6) is 11.5 Å². The Balaban J connectivity index is 1.86. The van der Waals surface area contributed by atoms with E-state index >= 15 is 0 Å². The fourth-order valence-electron chi connectivity index (χ4n) is 2.81. The van der Waals surface area contributed by atoms with Gasteiger partial charge < -0.3 is 20.1 Å². The van der Waals surface area contributed by atoms with Crippen LogP contribution < -0.4 is 20.1 Å². The van der Waals surface area contributed by atoms with Crippen LogP contribution in [0, 0.1) is 5.82 Å². The quantitative estimate of drug-likeness (QED) is 0.894. The van der Waals surface area contributed by atoms with Gasteiger partial charge in [-0.25, -0.2) is 4.39 Å². The second-order valence-electron chi connectivity index (χ2n) is 5.60. The Kier molecular flexibility index (Phi) is 4.56. The number of rotatable bonds is 4. The highest BCUT2D eigenvalue weighted by atomic mass is 19.1. The average Bonchev–Trinajstić information content (AvgIpc) is 2.60. The summed E-state index contributed by atoms with van der Waals surface area (Å²) in [6.07, 6.45) is -0.00223. The minimum absolute atomic E-state index is 0.00223. The minimum atomic E-state index is -0.697. The molecule has 1 unspecified atom stereocenters. The number of nitrogens with one attached hydrogen (secondary N) is 2. The van der Waals surface area contributed by atoms with E-state index in [4.69, 9.17) is 9.47 Å². The zero-order chi connectivity index (χ0) is 18.0. The summed E-state index contributed by atoms with van der Waals surface area (Å²) in [5.74, 6) is -0.833. The molecule has 130 valence electrons. The monoisotopic (exact) mass is 344 g/mol. The van der Waals surface area contributed by atoms with Crippen molar-refractivity contribution in [3.05, 3.63) is 47.8 Å². The van der Waals surface area contributed by atoms with Gasteiger partial charge in [0.1, 0.15) is 5.82 Å². The second-order valence-corrected chi connectivity index (χ2v) is 5.60. The third-order valence-corrected chi connectivity index (χ3v) is 4.02. The maximum absolute atomic E-state index is 13.4. The molecule has 7 heteroatoms. The van der Waals surface area contributed by atoms with Crippen molar-refractivity contribution < 1.29 is 23.5 Å². The van der Waals surface area contributed by atoms with Gasteiger partial charge in [0.15, 0.2) is 11.5 Å². The fourth-order valence-corrected chi connectivity index (χ4v) is 2.81. The van der Waals surface area contributed by atoms with Crippen LogP contribution in [0.15, 0.2) is 36.4 Å². The molecule has 0 saturated heterocycles. The molecule has 25 heavy (non-hydrogen) atoms.